The van der Waals surface area contributed by atoms with Crippen LogP contribution in [0.1, 0.15) is 11.5 Å². The largest absolute Gasteiger partial charge is 0.383 e. The molecule has 4 nitrogen and oxygen atoms in total. The van der Waals surface area contributed by atoms with E-state index in [4.69, 9.17) is 28.9 Å². The third kappa shape index (κ3) is 2.41. The molecule has 0 radical (unpaired) electrons. The molecule has 1 aromatic carbocycles. The molecule has 3 aromatic rings. The molecule has 106 valence electrons. The minimum absolute atomic E-state index is 0.343. The van der Waals surface area contributed by atoms with E-state index in [9.17, 15) is 0 Å². The molecule has 2 aromatic heterocycles. The normalized spacial score (nSPS) is 11.0. The van der Waals surface area contributed by atoms with Crippen molar-refractivity contribution in [3.8, 4) is 11.1 Å². The van der Waals surface area contributed by atoms with Gasteiger partial charge >= 0.3 is 0 Å². The molecule has 2 N–H and O–H groups in total. The van der Waals surface area contributed by atoms with Crippen LogP contribution in [0.5, 0.6) is 0 Å². The zero-order chi connectivity index (χ0) is 15.1. The third-order valence-electron chi connectivity index (χ3n) is 3.25. The van der Waals surface area contributed by atoms with Crippen molar-refractivity contribution >= 4 is 40.1 Å². The second-order valence-corrected chi connectivity index (χ2v) is 5.56. The smallest absolute Gasteiger partial charge is 0.165 e. The predicted molar refractivity (Wildman–Crippen MR) is 86.7 cm³/mol. The van der Waals surface area contributed by atoms with Gasteiger partial charge in [-0.25, -0.2) is 15.0 Å². The lowest BCUT2D eigenvalue weighted by atomic mass is 10.0. The number of aryl methyl sites for hydroxylation is 2. The summed E-state index contributed by atoms with van der Waals surface area (Å²) < 4.78 is 0. The molecule has 21 heavy (non-hydrogen) atoms. The molecule has 2 heterocycles. The molecule has 0 unspecified atom stereocenters. The summed E-state index contributed by atoms with van der Waals surface area (Å²) >= 11 is 12.5. The molecule has 0 fully saturated rings. The van der Waals surface area contributed by atoms with Gasteiger partial charge < -0.3 is 5.73 Å². The average molecular weight is 319 g/mol. The van der Waals surface area contributed by atoms with E-state index in [0.717, 1.165) is 11.1 Å². The highest BCUT2D eigenvalue weighted by Gasteiger charge is 2.15. The van der Waals surface area contributed by atoms with Crippen molar-refractivity contribution in [3.05, 3.63) is 45.8 Å². The lowest BCUT2D eigenvalue weighted by Crippen LogP contribution is -2.01. The molecule has 0 aliphatic heterocycles. The van der Waals surface area contributed by atoms with Gasteiger partial charge in [0.15, 0.2) is 5.65 Å². The first-order valence-electron chi connectivity index (χ1n) is 6.33. The summed E-state index contributed by atoms with van der Waals surface area (Å²) in [6.45, 7) is 3.73. The number of pyridine rings is 1. The SMILES string of the molecule is Cc1nc(C)c2cc(-c3c(Cl)cccc3Cl)c(N)nc2n1. The average Bonchev–Trinajstić information content (AvgIpc) is 2.39. The number of nitrogen functional groups attached to an aromatic ring is 1. The Labute approximate surface area is 132 Å². The fourth-order valence-corrected chi connectivity index (χ4v) is 2.91. The molecule has 0 bridgehead atoms. The van der Waals surface area contributed by atoms with Gasteiger partial charge in [-0.2, -0.15) is 0 Å². The Balaban J connectivity index is 2.36. The molecular weight excluding hydrogens is 307 g/mol. The van der Waals surface area contributed by atoms with Crippen molar-refractivity contribution in [2.24, 2.45) is 0 Å². The zero-order valence-electron chi connectivity index (χ0n) is 11.5. The van der Waals surface area contributed by atoms with E-state index >= 15 is 0 Å². The van der Waals surface area contributed by atoms with Gasteiger partial charge in [0.1, 0.15) is 11.6 Å². The number of anilines is 1. The number of aromatic nitrogens is 3. The van der Waals surface area contributed by atoms with Gasteiger partial charge in [0.05, 0.1) is 15.7 Å². The van der Waals surface area contributed by atoms with Crippen LogP contribution in [0, 0.1) is 13.8 Å². The number of nitrogens with two attached hydrogens (primary N) is 1. The van der Waals surface area contributed by atoms with Crippen LogP contribution in [0.2, 0.25) is 10.0 Å². The highest BCUT2D eigenvalue weighted by molar-refractivity contribution is 6.39. The maximum absolute atomic E-state index is 6.25. The quantitative estimate of drug-likeness (QED) is 0.730. The van der Waals surface area contributed by atoms with E-state index in [2.05, 4.69) is 15.0 Å². The van der Waals surface area contributed by atoms with E-state index in [1.54, 1.807) is 18.2 Å². The van der Waals surface area contributed by atoms with Crippen LogP contribution in [-0.2, 0) is 0 Å². The molecule has 0 atom stereocenters. The molecule has 0 aliphatic carbocycles. The number of hydrogen-bond acceptors (Lipinski definition) is 4. The molecule has 0 saturated carbocycles. The van der Waals surface area contributed by atoms with Crippen LogP contribution in [0.15, 0.2) is 24.3 Å². The summed E-state index contributed by atoms with van der Waals surface area (Å²) in [5.74, 6) is 1.01. The number of fused-ring (bicyclic) bond motifs is 1. The molecule has 0 spiro atoms. The van der Waals surface area contributed by atoms with Gasteiger partial charge in [-0.15, -0.1) is 0 Å². The van der Waals surface area contributed by atoms with Crippen LogP contribution in [0.4, 0.5) is 5.82 Å². The predicted octanol–water partition coefficient (Wildman–Crippen LogP) is 4.20. The van der Waals surface area contributed by atoms with Gasteiger partial charge in [-0.3, -0.25) is 0 Å². The Kier molecular flexibility index (Phi) is 3.43. The molecule has 3 rings (SSSR count). The van der Waals surface area contributed by atoms with E-state index in [1.165, 1.54) is 0 Å². The maximum Gasteiger partial charge on any atom is 0.165 e. The van der Waals surface area contributed by atoms with Crippen molar-refractivity contribution < 1.29 is 0 Å². The monoisotopic (exact) mass is 318 g/mol. The first-order valence-corrected chi connectivity index (χ1v) is 7.09. The zero-order valence-corrected chi connectivity index (χ0v) is 13.0. The first-order chi connectivity index (χ1) is 9.97. The van der Waals surface area contributed by atoms with Crippen molar-refractivity contribution in [1.82, 2.24) is 15.0 Å². The summed E-state index contributed by atoms with van der Waals surface area (Å²) in [7, 11) is 0. The van der Waals surface area contributed by atoms with E-state index < -0.39 is 0 Å². The molecule has 0 aliphatic rings. The number of benzene rings is 1. The summed E-state index contributed by atoms with van der Waals surface area (Å²) in [5, 5.41) is 1.89. The summed E-state index contributed by atoms with van der Waals surface area (Å²) in [4.78, 5) is 13.0. The van der Waals surface area contributed by atoms with Crippen molar-refractivity contribution in [2.75, 3.05) is 5.73 Å². The minimum Gasteiger partial charge on any atom is -0.383 e. The van der Waals surface area contributed by atoms with Gasteiger partial charge in [0, 0.05) is 16.5 Å². The lowest BCUT2D eigenvalue weighted by molar-refractivity contribution is 1.04. The summed E-state index contributed by atoms with van der Waals surface area (Å²) in [5.41, 5.74) is 8.85. The fraction of sp³-hybridized carbons (Fsp3) is 0.133. The van der Waals surface area contributed by atoms with Crippen molar-refractivity contribution in [2.45, 2.75) is 13.8 Å². The Bertz CT molecular complexity index is 842. The Morgan fingerprint density at radius 1 is 1.00 bits per heavy atom. The maximum atomic E-state index is 6.25. The first kappa shape index (κ1) is 14.0. The van der Waals surface area contributed by atoms with E-state index in [0.29, 0.717) is 38.5 Å². The van der Waals surface area contributed by atoms with Crippen LogP contribution in [0.3, 0.4) is 0 Å². The second-order valence-electron chi connectivity index (χ2n) is 4.75. The number of rotatable bonds is 1. The van der Waals surface area contributed by atoms with Gasteiger partial charge in [-0.05, 0) is 32.0 Å². The minimum atomic E-state index is 0.343. The lowest BCUT2D eigenvalue weighted by Gasteiger charge is -2.11. The summed E-state index contributed by atoms with van der Waals surface area (Å²) in [6.07, 6.45) is 0. The van der Waals surface area contributed by atoms with Crippen LogP contribution >= 0.6 is 23.2 Å². The number of nitrogens with zero attached hydrogens (tertiary/aromatic N) is 3. The van der Waals surface area contributed by atoms with E-state index in [-0.39, 0.29) is 0 Å². The fourth-order valence-electron chi connectivity index (χ4n) is 2.31. The molecular formula is C15H12Cl2N4. The second kappa shape index (κ2) is 5.13. The topological polar surface area (TPSA) is 64.7 Å². The van der Waals surface area contributed by atoms with Crippen molar-refractivity contribution in [3.63, 3.8) is 0 Å². The highest BCUT2D eigenvalue weighted by atomic mass is 35.5. The van der Waals surface area contributed by atoms with E-state index in [1.807, 2.05) is 19.9 Å². The van der Waals surface area contributed by atoms with Crippen molar-refractivity contribution in [1.29, 1.82) is 0 Å². The molecule has 0 amide bonds. The molecule has 0 saturated heterocycles. The Hall–Kier alpha value is -1.91. The Morgan fingerprint density at radius 3 is 2.33 bits per heavy atom. The number of halogens is 2. The van der Waals surface area contributed by atoms with Crippen LogP contribution in [-0.4, -0.2) is 15.0 Å². The summed E-state index contributed by atoms with van der Waals surface area (Å²) in [6, 6.07) is 7.21. The van der Waals surface area contributed by atoms with Gasteiger partial charge in [-0.1, -0.05) is 29.3 Å². The van der Waals surface area contributed by atoms with Crippen LogP contribution in [0.25, 0.3) is 22.2 Å². The third-order valence-corrected chi connectivity index (χ3v) is 3.88. The van der Waals surface area contributed by atoms with Gasteiger partial charge in [0.2, 0.25) is 0 Å². The standard InChI is InChI=1S/C15H12Cl2N4/c1-7-9-6-10(13-11(16)4-3-5-12(13)17)14(18)21-15(9)20-8(2)19-7/h3-6H,1-2H3,(H2,18,19,20,21). The van der Waals surface area contributed by atoms with Crippen LogP contribution < -0.4 is 5.73 Å². The van der Waals surface area contributed by atoms with Gasteiger partial charge in [0.25, 0.3) is 0 Å². The highest BCUT2D eigenvalue weighted by Crippen LogP contribution is 2.38. The molecule has 6 heteroatoms. The Morgan fingerprint density at radius 2 is 1.67 bits per heavy atom. The number of hydrogen-bond donors (Lipinski definition) is 1.